The number of hydrogen-bond acceptors (Lipinski definition) is 8. The molecule has 9 nitrogen and oxygen atoms in total. The molecule has 4 atom stereocenters. The highest BCUT2D eigenvalue weighted by Crippen LogP contribution is 2.18. The van der Waals surface area contributed by atoms with Crippen molar-refractivity contribution in [3.05, 3.63) is 12.5 Å². The van der Waals surface area contributed by atoms with Gasteiger partial charge in [0.2, 0.25) is 5.95 Å². The summed E-state index contributed by atoms with van der Waals surface area (Å²) in [5.41, 5.74) is 1.21. The van der Waals surface area contributed by atoms with Gasteiger partial charge in [0.15, 0.2) is 5.65 Å². The van der Waals surface area contributed by atoms with Crippen molar-refractivity contribution in [2.75, 3.05) is 18.5 Å². The van der Waals surface area contributed by atoms with Gasteiger partial charge in [-0.3, -0.25) is 0 Å². The molecule has 0 saturated carbocycles. The Bertz CT molecular complexity index is 591. The van der Waals surface area contributed by atoms with Crippen LogP contribution in [0.2, 0.25) is 0 Å². The molecule has 2 aromatic heterocycles. The van der Waals surface area contributed by atoms with Crippen LogP contribution in [0.5, 0.6) is 0 Å². The zero-order valence-electron chi connectivity index (χ0n) is 10.5. The minimum Gasteiger partial charge on any atom is -0.394 e. The zero-order chi connectivity index (χ0) is 14.1. The number of nitrogens with zero attached hydrogens (tertiary/aromatic N) is 3. The van der Waals surface area contributed by atoms with Crippen LogP contribution in [0, 0.1) is 0 Å². The molecule has 20 heavy (non-hydrogen) atoms. The Kier molecular flexibility index (Phi) is 3.49. The van der Waals surface area contributed by atoms with Gasteiger partial charge in [-0.1, -0.05) is 0 Å². The summed E-state index contributed by atoms with van der Waals surface area (Å²) in [5, 5.41) is 31.7. The highest BCUT2D eigenvalue weighted by molar-refractivity contribution is 5.69. The van der Waals surface area contributed by atoms with E-state index in [1.54, 1.807) is 6.20 Å². The monoisotopic (exact) mass is 281 g/mol. The fourth-order valence-electron chi connectivity index (χ4n) is 2.14. The van der Waals surface area contributed by atoms with E-state index in [0.29, 0.717) is 11.2 Å². The quantitative estimate of drug-likeness (QED) is 0.446. The van der Waals surface area contributed by atoms with Crippen LogP contribution in [0.3, 0.4) is 0 Å². The molecule has 2 aromatic rings. The zero-order valence-corrected chi connectivity index (χ0v) is 10.5. The second-order valence-corrected chi connectivity index (χ2v) is 4.62. The number of fused-ring (bicyclic) bond motifs is 1. The first kappa shape index (κ1) is 13.2. The highest BCUT2D eigenvalue weighted by Gasteiger charge is 2.38. The second kappa shape index (κ2) is 5.29. The van der Waals surface area contributed by atoms with Gasteiger partial charge in [-0.05, 0) is 0 Å². The van der Waals surface area contributed by atoms with Crippen molar-refractivity contribution in [1.82, 2.24) is 19.9 Å². The Morgan fingerprint density at radius 1 is 1.35 bits per heavy atom. The summed E-state index contributed by atoms with van der Waals surface area (Å²) >= 11 is 0. The van der Waals surface area contributed by atoms with Gasteiger partial charge in [0.1, 0.15) is 23.8 Å². The minimum atomic E-state index is -1.17. The highest BCUT2D eigenvalue weighted by atomic mass is 16.5. The first-order valence-corrected chi connectivity index (χ1v) is 6.20. The molecule has 0 radical (unpaired) electrons. The van der Waals surface area contributed by atoms with Crippen LogP contribution in [-0.2, 0) is 4.74 Å². The lowest BCUT2D eigenvalue weighted by atomic mass is 9.98. The molecule has 0 aliphatic carbocycles. The summed E-state index contributed by atoms with van der Waals surface area (Å²) in [7, 11) is 0. The number of aliphatic hydroxyl groups excluding tert-OH is 3. The van der Waals surface area contributed by atoms with Gasteiger partial charge in [0.05, 0.1) is 31.8 Å². The number of nitrogens with one attached hydrogen (secondary N) is 2. The van der Waals surface area contributed by atoms with E-state index >= 15 is 0 Å². The molecule has 9 heteroatoms. The van der Waals surface area contributed by atoms with Gasteiger partial charge in [-0.25, -0.2) is 9.97 Å². The molecular weight excluding hydrogens is 266 g/mol. The minimum absolute atomic E-state index is 0.130. The van der Waals surface area contributed by atoms with Crippen LogP contribution >= 0.6 is 0 Å². The Hall–Kier alpha value is -1.81. The van der Waals surface area contributed by atoms with Crippen molar-refractivity contribution in [1.29, 1.82) is 0 Å². The molecule has 1 saturated heterocycles. The molecule has 1 aliphatic heterocycles. The maximum absolute atomic E-state index is 9.99. The lowest BCUT2D eigenvalue weighted by Crippen LogP contribution is -2.56. The largest absolute Gasteiger partial charge is 0.394 e. The number of rotatable bonds is 3. The molecule has 1 fully saturated rings. The number of anilines is 1. The molecule has 0 spiro atoms. The summed E-state index contributed by atoms with van der Waals surface area (Å²) < 4.78 is 5.27. The number of imidazole rings is 1. The Balaban J connectivity index is 1.73. The maximum atomic E-state index is 9.99. The molecule has 3 heterocycles. The third-order valence-electron chi connectivity index (χ3n) is 3.30. The molecule has 0 bridgehead atoms. The average molecular weight is 281 g/mol. The molecular formula is C11H15N5O4. The predicted molar refractivity (Wildman–Crippen MR) is 67.9 cm³/mol. The third-order valence-corrected chi connectivity index (χ3v) is 3.30. The summed E-state index contributed by atoms with van der Waals surface area (Å²) in [5.74, 6) is 0.284. The number of hydrogen-bond donors (Lipinski definition) is 5. The molecule has 0 unspecified atom stereocenters. The first-order valence-electron chi connectivity index (χ1n) is 6.20. The fraction of sp³-hybridized carbons (Fsp3) is 0.545. The number of H-pyrrole nitrogens is 1. The smallest absolute Gasteiger partial charge is 0.225 e. The van der Waals surface area contributed by atoms with Crippen molar-refractivity contribution >= 4 is 17.1 Å². The van der Waals surface area contributed by atoms with Gasteiger partial charge in [0.25, 0.3) is 0 Å². The van der Waals surface area contributed by atoms with Crippen molar-refractivity contribution < 1.29 is 20.1 Å². The maximum Gasteiger partial charge on any atom is 0.225 e. The van der Waals surface area contributed by atoms with E-state index in [1.807, 2.05) is 0 Å². The fourth-order valence-corrected chi connectivity index (χ4v) is 2.14. The van der Waals surface area contributed by atoms with Crippen molar-refractivity contribution in [3.8, 4) is 0 Å². The van der Waals surface area contributed by atoms with Crippen LogP contribution in [0.25, 0.3) is 11.2 Å². The van der Waals surface area contributed by atoms with Crippen LogP contribution < -0.4 is 5.32 Å². The SMILES string of the molecule is OC[C@H]1OC[C@H](Nc2ncc3[nH]cnc3n2)[C@@H](O)[C@H]1O. The van der Waals surface area contributed by atoms with Crippen LogP contribution in [0.4, 0.5) is 5.95 Å². The van der Waals surface area contributed by atoms with Crippen molar-refractivity contribution in [2.24, 2.45) is 0 Å². The van der Waals surface area contributed by atoms with Gasteiger partial charge in [-0.15, -0.1) is 0 Å². The molecule has 5 N–H and O–H groups in total. The first-order chi connectivity index (χ1) is 9.69. The lowest BCUT2D eigenvalue weighted by Gasteiger charge is -2.37. The molecule has 0 amide bonds. The predicted octanol–water partition coefficient (Wildman–Crippen LogP) is -1.75. The van der Waals surface area contributed by atoms with E-state index in [-0.39, 0.29) is 19.2 Å². The Morgan fingerprint density at radius 3 is 3.00 bits per heavy atom. The second-order valence-electron chi connectivity index (χ2n) is 4.62. The number of aromatic amines is 1. The summed E-state index contributed by atoms with van der Waals surface area (Å²) in [4.78, 5) is 15.1. The van der Waals surface area contributed by atoms with Gasteiger partial charge in [0, 0.05) is 0 Å². The standard InChI is InChI=1S/C11H15N5O4/c17-2-7-9(19)8(18)6(3-20-7)15-11-12-1-5-10(16-11)14-4-13-5/h1,4,6-9,17-19H,2-3H2,(H2,12,13,14,15,16)/t6-,7+,8+,9-/m0/s1. The van der Waals surface area contributed by atoms with E-state index in [9.17, 15) is 10.2 Å². The summed E-state index contributed by atoms with van der Waals surface area (Å²) in [6.07, 6.45) is 0.0513. The third kappa shape index (κ3) is 2.31. The van der Waals surface area contributed by atoms with E-state index in [2.05, 4.69) is 25.3 Å². The number of aliphatic hydroxyl groups is 3. The Morgan fingerprint density at radius 2 is 2.20 bits per heavy atom. The molecule has 3 rings (SSSR count). The normalized spacial score (nSPS) is 30.6. The lowest BCUT2D eigenvalue weighted by molar-refractivity contribution is -0.152. The van der Waals surface area contributed by atoms with E-state index in [0.717, 1.165) is 0 Å². The van der Waals surface area contributed by atoms with Crippen molar-refractivity contribution in [2.45, 2.75) is 24.4 Å². The molecule has 0 aromatic carbocycles. The topological polar surface area (TPSA) is 136 Å². The van der Waals surface area contributed by atoms with Crippen molar-refractivity contribution in [3.63, 3.8) is 0 Å². The average Bonchev–Trinajstić information content (AvgIpc) is 2.92. The van der Waals surface area contributed by atoms with E-state index in [4.69, 9.17) is 9.84 Å². The summed E-state index contributed by atoms with van der Waals surface area (Å²) in [6, 6.07) is -0.566. The summed E-state index contributed by atoms with van der Waals surface area (Å²) in [6.45, 7) is -0.216. The number of ether oxygens (including phenoxy) is 1. The van der Waals surface area contributed by atoms with Crippen LogP contribution in [0.15, 0.2) is 12.5 Å². The molecule has 108 valence electrons. The van der Waals surface area contributed by atoms with Gasteiger partial charge < -0.3 is 30.4 Å². The number of aromatic nitrogens is 4. The van der Waals surface area contributed by atoms with Gasteiger partial charge in [-0.2, -0.15) is 4.98 Å². The Labute approximate surface area is 113 Å². The van der Waals surface area contributed by atoms with Crippen LogP contribution in [-0.4, -0.2) is 72.8 Å². The van der Waals surface area contributed by atoms with E-state index in [1.165, 1.54) is 6.33 Å². The van der Waals surface area contributed by atoms with Crippen LogP contribution in [0.1, 0.15) is 0 Å². The molecule has 1 aliphatic rings. The van der Waals surface area contributed by atoms with E-state index < -0.39 is 24.4 Å². The van der Waals surface area contributed by atoms with Gasteiger partial charge >= 0.3 is 0 Å².